The molecule has 3 aliphatic heterocycles. The van der Waals surface area contributed by atoms with Gasteiger partial charge in [-0.2, -0.15) is 0 Å². The molecule has 0 bridgehead atoms. The van der Waals surface area contributed by atoms with Gasteiger partial charge in [0, 0.05) is 71.1 Å². The Morgan fingerprint density at radius 3 is 2.33 bits per heavy atom. The molecule has 0 unspecified atom stereocenters. The number of nitrogens with two attached hydrogens (primary N) is 2. The van der Waals surface area contributed by atoms with Crippen LogP contribution in [0.2, 0.25) is 0 Å². The molecule has 4 amide bonds. The molecule has 1 aromatic carbocycles. The first kappa shape index (κ1) is 62.7. The Hall–Kier alpha value is -6.86. The van der Waals surface area contributed by atoms with Crippen LogP contribution < -0.4 is 47.9 Å². The smallest absolute Gasteiger partial charge is 0.343 e. The number of nitrogens with one attached hydrogen (secondary N) is 4. The number of hydrogen-bond donors (Lipinski definition) is 7. The van der Waals surface area contributed by atoms with Gasteiger partial charge in [0.15, 0.2) is 22.3 Å². The van der Waals surface area contributed by atoms with Gasteiger partial charge >= 0.3 is 5.97 Å². The van der Waals surface area contributed by atoms with E-state index in [4.69, 9.17) is 35.5 Å². The maximum absolute atomic E-state index is 14.0. The van der Waals surface area contributed by atoms with Crippen molar-refractivity contribution >= 4 is 58.0 Å². The van der Waals surface area contributed by atoms with Crippen LogP contribution in [0.15, 0.2) is 46.7 Å². The molecule has 23 nitrogen and oxygen atoms in total. The van der Waals surface area contributed by atoms with Crippen LogP contribution in [0.5, 0.6) is 11.5 Å². The zero-order valence-corrected chi connectivity index (χ0v) is 49.4. The number of ether oxygens (including phenoxy) is 4. The number of cyclic esters (lactones) is 1. The third kappa shape index (κ3) is 15.4. The fourth-order valence-electron chi connectivity index (χ4n) is 10.0. The molecule has 0 aliphatic carbocycles. The first-order valence-corrected chi connectivity index (χ1v) is 29.3. The second kappa shape index (κ2) is 28.4. The normalized spacial score (nSPS) is 16.1. The zero-order valence-electron chi connectivity index (χ0n) is 48.6. The third-order valence-corrected chi connectivity index (χ3v) is 16.9. The zero-order chi connectivity index (χ0) is 59.3. The molecule has 0 radical (unpaired) electrons. The molecule has 0 saturated heterocycles. The van der Waals surface area contributed by atoms with Gasteiger partial charge in [-0.15, -0.1) is 0 Å². The average molecular weight is 1160 g/mol. The van der Waals surface area contributed by atoms with Crippen LogP contribution in [0.4, 0.5) is 0 Å². The molecule has 24 heteroatoms. The number of aryl methyl sites for hydroxylation is 1. The highest BCUT2D eigenvalue weighted by Crippen LogP contribution is 2.44. The highest BCUT2D eigenvalue weighted by atomic mass is 32.2. The lowest BCUT2D eigenvalue weighted by Gasteiger charge is -2.31. The maximum Gasteiger partial charge on any atom is 0.343 e. The second-order valence-electron chi connectivity index (χ2n) is 22.0. The van der Waals surface area contributed by atoms with Crippen LogP contribution in [0.3, 0.4) is 0 Å². The summed E-state index contributed by atoms with van der Waals surface area (Å²) < 4.78 is 24.1. The Kier molecular flexibility index (Phi) is 21.7. The van der Waals surface area contributed by atoms with Crippen LogP contribution in [-0.4, -0.2) is 135 Å². The number of rotatable bonds is 31. The molecular weight excluding hydrogens is 1070 g/mol. The van der Waals surface area contributed by atoms with E-state index in [0.717, 1.165) is 42.3 Å². The van der Waals surface area contributed by atoms with Gasteiger partial charge in [-0.05, 0) is 115 Å². The minimum absolute atomic E-state index is 0.0200. The number of hydrazine groups is 1. The Morgan fingerprint density at radius 1 is 0.915 bits per heavy atom. The first-order valence-electron chi connectivity index (χ1n) is 28.5. The van der Waals surface area contributed by atoms with E-state index in [1.54, 1.807) is 54.0 Å². The molecule has 3 atom stereocenters. The van der Waals surface area contributed by atoms with Gasteiger partial charge in [-0.1, -0.05) is 52.8 Å². The summed E-state index contributed by atoms with van der Waals surface area (Å²) in [7, 11) is 3.90. The number of carbonyl (C=O) groups is 5. The summed E-state index contributed by atoms with van der Waals surface area (Å²) in [4.78, 5) is 96.4. The number of benzene rings is 1. The van der Waals surface area contributed by atoms with E-state index in [1.165, 1.54) is 5.01 Å². The highest BCUT2D eigenvalue weighted by Gasteiger charge is 2.45. The molecule has 3 aromatic heterocycles. The van der Waals surface area contributed by atoms with Crippen LogP contribution in [0, 0.1) is 5.92 Å². The summed E-state index contributed by atoms with van der Waals surface area (Å²) >= 11 is 1.65. The molecule has 446 valence electrons. The summed E-state index contributed by atoms with van der Waals surface area (Å²) in [6.45, 7) is 12.8. The van der Waals surface area contributed by atoms with Crippen molar-refractivity contribution in [2.75, 3.05) is 53.9 Å². The number of unbranched alkanes of at least 4 members (excludes halogenated alkanes) is 3. The molecule has 3 aliphatic rings. The first-order chi connectivity index (χ1) is 39.2. The number of aliphatic hydroxyl groups is 1. The van der Waals surface area contributed by atoms with E-state index >= 15 is 0 Å². The molecule has 0 spiro atoms. The number of fused-ring (bicyclic) bond motifs is 6. The molecule has 82 heavy (non-hydrogen) atoms. The largest absolute Gasteiger partial charge is 0.458 e. The number of esters is 1. The summed E-state index contributed by atoms with van der Waals surface area (Å²) in [5.41, 5.74) is 8.89. The Bertz CT molecular complexity index is 3040. The topological polar surface area (TPSA) is 310 Å². The van der Waals surface area contributed by atoms with E-state index in [-0.39, 0.29) is 85.9 Å². The Morgan fingerprint density at radius 2 is 1.63 bits per heavy atom. The monoisotopic (exact) mass is 1150 g/mol. The predicted octanol–water partition coefficient (Wildman–Crippen LogP) is 4.46. The van der Waals surface area contributed by atoms with E-state index in [2.05, 4.69) is 52.0 Å². The van der Waals surface area contributed by atoms with Crippen LogP contribution >= 0.6 is 11.8 Å². The van der Waals surface area contributed by atoms with Crippen molar-refractivity contribution in [3.8, 4) is 22.9 Å². The van der Waals surface area contributed by atoms with Gasteiger partial charge in [0.05, 0.1) is 41.3 Å². The van der Waals surface area contributed by atoms with E-state index < -0.39 is 41.4 Å². The lowest BCUT2D eigenvalue weighted by Crippen LogP contribution is -2.56. The number of aromatic nitrogens is 4. The van der Waals surface area contributed by atoms with Crippen molar-refractivity contribution in [2.45, 2.75) is 159 Å². The Balaban J connectivity index is 0.866. The minimum atomic E-state index is -1.97. The quantitative estimate of drug-likeness (QED) is 0.00613. The van der Waals surface area contributed by atoms with Gasteiger partial charge < -0.3 is 65.5 Å². The maximum atomic E-state index is 14.0. The number of nitrogens with zero attached hydrogens (tertiary/aromatic N) is 6. The van der Waals surface area contributed by atoms with E-state index in [0.29, 0.717) is 96.3 Å². The van der Waals surface area contributed by atoms with E-state index in [1.807, 2.05) is 38.9 Å². The fraction of sp³-hybridized carbons (Fsp3) is 0.569. The summed E-state index contributed by atoms with van der Waals surface area (Å²) in [5.74, 6) is 4.41. The SMILES string of the molecule is CCC(C)(CC)Sc1ncc(/C(N)=C/N(N)CCCCCC(=O)N[C@H](C(=O)N[C@@H](CCCCN(C)C)C(=O)NCC(=O)NCOCCCc2c3c(nc4cc5c(cc24)OCO5)-c2cc4c(c(=O)n2C3)COC(=O)[C@]4(O)CC)C(C)C)cn1. The molecule has 9 N–H and O–H groups in total. The molecule has 7 rings (SSSR count). The number of pyridine rings is 2. The van der Waals surface area contributed by atoms with Gasteiger partial charge in [0.25, 0.3) is 5.56 Å². The second-order valence-corrected chi connectivity index (χ2v) is 23.6. The van der Waals surface area contributed by atoms with Crippen molar-refractivity contribution in [1.29, 1.82) is 0 Å². The number of thioether (sulfide) groups is 1. The highest BCUT2D eigenvalue weighted by molar-refractivity contribution is 8.00. The standard InChI is InChI=1S/C58H82N12O11S/c1-9-57(6,10-2)82-56-62-27-36(28-63-56)42(59)31-69(60)22-15-12-13-20-48(71)67-50(35(4)5)53(74)66-43(19-14-16-21-68(7)8)52(73)61-29-49(72)64-33-78-23-17-18-37-38-24-46-47(81-34-80-46)26-44(38)65-51-39(37)30-70-45(51)25-41-40(54(70)75)32-79-55(76)58(41,77)11-3/h24-28,31,35,43,50,77H,9-23,29-30,32-34,59-60H2,1-8H3,(H,61,73)(H,64,72)(H,66,74)(H,67,71)/b42-31-/t43-,50-,58-/m0/s1. The predicted molar refractivity (Wildman–Crippen MR) is 310 cm³/mol. The van der Waals surface area contributed by atoms with Crippen molar-refractivity contribution in [1.82, 2.24) is 50.7 Å². The molecule has 0 saturated carbocycles. The van der Waals surface area contributed by atoms with Crippen LogP contribution in [0.25, 0.3) is 28.0 Å². The fourth-order valence-corrected chi connectivity index (χ4v) is 11.0. The van der Waals surface area contributed by atoms with Gasteiger partial charge in [-0.3, -0.25) is 24.0 Å². The van der Waals surface area contributed by atoms with Crippen LogP contribution in [0.1, 0.15) is 140 Å². The number of amides is 4. The van der Waals surface area contributed by atoms with Gasteiger partial charge in [-0.25, -0.2) is 25.6 Å². The van der Waals surface area contributed by atoms with Gasteiger partial charge in [0.2, 0.25) is 30.4 Å². The average Bonchev–Trinajstić information content (AvgIpc) is 2.65. The van der Waals surface area contributed by atoms with Crippen LogP contribution in [-0.2, 0) is 58.6 Å². The summed E-state index contributed by atoms with van der Waals surface area (Å²) in [6.07, 6.45) is 11.9. The third-order valence-electron chi connectivity index (χ3n) is 15.5. The Labute approximate surface area is 483 Å². The number of hydrogen-bond acceptors (Lipinski definition) is 19. The van der Waals surface area contributed by atoms with Crippen molar-refractivity contribution < 1.29 is 48.0 Å². The molecule has 0 fully saturated rings. The molecule has 4 aromatic rings. The lowest BCUT2D eigenvalue weighted by atomic mass is 9.86. The van der Waals surface area contributed by atoms with Crippen molar-refractivity contribution in [2.24, 2.45) is 17.5 Å². The minimum Gasteiger partial charge on any atom is -0.458 e. The van der Waals surface area contributed by atoms with E-state index in [9.17, 15) is 33.9 Å². The summed E-state index contributed by atoms with van der Waals surface area (Å²) in [5, 5.41) is 25.5. The van der Waals surface area contributed by atoms with Gasteiger partial charge in [0.1, 0.15) is 25.4 Å². The molecule has 6 heterocycles. The molecular formula is C58H82N12O11S. The van der Waals surface area contributed by atoms with Crippen molar-refractivity contribution in [3.63, 3.8) is 0 Å². The lowest BCUT2D eigenvalue weighted by molar-refractivity contribution is -0.172. The summed E-state index contributed by atoms with van der Waals surface area (Å²) in [6, 6.07) is 3.48. The van der Waals surface area contributed by atoms with Crippen molar-refractivity contribution in [3.05, 3.63) is 75.0 Å². The number of carbonyl (C=O) groups excluding carboxylic acids is 5.